The maximum atomic E-state index is 14.0. The molecule has 0 aliphatic rings. The summed E-state index contributed by atoms with van der Waals surface area (Å²) in [6.07, 6.45) is 0. The fourth-order valence-electron chi connectivity index (χ4n) is 2.91. The maximum absolute atomic E-state index is 14.0. The number of hydrogen-bond donors (Lipinski definition) is 1. The zero-order valence-electron chi connectivity index (χ0n) is 14.1. The molecule has 1 heterocycles. The third-order valence-electron chi connectivity index (χ3n) is 4.32. The first-order valence-corrected chi connectivity index (χ1v) is 8.60. The van der Waals surface area contributed by atoms with Crippen LogP contribution in [0, 0.1) is 31.0 Å². The molecule has 0 spiro atoms. The molecular formula is C19H16BrFN4. The van der Waals surface area contributed by atoms with Gasteiger partial charge in [0.1, 0.15) is 5.82 Å². The molecule has 1 aromatic heterocycles. The van der Waals surface area contributed by atoms with Gasteiger partial charge in [-0.3, -0.25) is 0 Å². The Morgan fingerprint density at radius 2 is 1.96 bits per heavy atom. The largest absolute Gasteiger partial charge is 0.362 e. The van der Waals surface area contributed by atoms with Crippen molar-refractivity contribution >= 4 is 32.5 Å². The number of rotatable bonds is 3. The molecule has 0 saturated carbocycles. The van der Waals surface area contributed by atoms with Crippen molar-refractivity contribution in [3.8, 4) is 6.07 Å². The van der Waals surface area contributed by atoms with Gasteiger partial charge in [0.2, 0.25) is 0 Å². The van der Waals surface area contributed by atoms with Crippen LogP contribution in [0.15, 0.2) is 34.8 Å². The third kappa shape index (κ3) is 3.20. The standard InChI is InChI=1S/C19H16BrFN4/c1-10-13(9-22)5-4-6-14(10)11(2)23-19-16-8-18(21)17(20)7-15(16)12(3)24-25-19/h4-8,11H,1-3H3,(H,23,25)/t11-/m1/s1. The van der Waals surface area contributed by atoms with Crippen LogP contribution >= 0.6 is 15.9 Å². The number of nitrogens with zero attached hydrogens (tertiary/aromatic N) is 3. The average Bonchev–Trinajstić information content (AvgIpc) is 2.59. The van der Waals surface area contributed by atoms with Crippen molar-refractivity contribution < 1.29 is 4.39 Å². The second-order valence-electron chi connectivity index (χ2n) is 5.94. The van der Waals surface area contributed by atoms with Gasteiger partial charge >= 0.3 is 0 Å². The zero-order chi connectivity index (χ0) is 18.1. The molecule has 0 bridgehead atoms. The molecule has 0 aliphatic carbocycles. The molecule has 126 valence electrons. The highest BCUT2D eigenvalue weighted by Gasteiger charge is 2.15. The number of aryl methyl sites for hydroxylation is 1. The van der Waals surface area contributed by atoms with Crippen LogP contribution in [-0.4, -0.2) is 10.2 Å². The fraction of sp³-hybridized carbons (Fsp3) is 0.211. The second kappa shape index (κ2) is 6.77. The van der Waals surface area contributed by atoms with Gasteiger partial charge in [0.25, 0.3) is 0 Å². The number of aromatic nitrogens is 2. The normalized spacial score (nSPS) is 12.0. The molecule has 2 aromatic carbocycles. The number of nitriles is 1. The van der Waals surface area contributed by atoms with E-state index in [9.17, 15) is 9.65 Å². The monoisotopic (exact) mass is 398 g/mol. The minimum Gasteiger partial charge on any atom is -0.362 e. The lowest BCUT2D eigenvalue weighted by Crippen LogP contribution is -2.11. The molecule has 0 unspecified atom stereocenters. The van der Waals surface area contributed by atoms with Gasteiger partial charge in [-0.25, -0.2) is 4.39 Å². The van der Waals surface area contributed by atoms with Gasteiger partial charge < -0.3 is 5.32 Å². The number of anilines is 1. The van der Waals surface area contributed by atoms with Crippen molar-refractivity contribution in [2.45, 2.75) is 26.8 Å². The predicted octanol–water partition coefficient (Wildman–Crippen LogP) is 5.19. The van der Waals surface area contributed by atoms with Crippen LogP contribution in [0.1, 0.15) is 35.3 Å². The summed E-state index contributed by atoms with van der Waals surface area (Å²) >= 11 is 3.21. The molecule has 4 nitrogen and oxygen atoms in total. The summed E-state index contributed by atoms with van der Waals surface area (Å²) in [6, 6.07) is 10.9. The molecule has 0 saturated heterocycles. The van der Waals surface area contributed by atoms with Gasteiger partial charge in [-0.2, -0.15) is 10.4 Å². The van der Waals surface area contributed by atoms with E-state index in [0.29, 0.717) is 21.2 Å². The van der Waals surface area contributed by atoms with Crippen LogP contribution in [0.25, 0.3) is 10.8 Å². The van der Waals surface area contributed by atoms with Crippen molar-refractivity contribution in [3.05, 3.63) is 63.0 Å². The van der Waals surface area contributed by atoms with Gasteiger partial charge in [0.05, 0.1) is 27.8 Å². The number of benzene rings is 2. The molecule has 25 heavy (non-hydrogen) atoms. The molecule has 3 aromatic rings. The van der Waals surface area contributed by atoms with Crippen molar-refractivity contribution in [3.63, 3.8) is 0 Å². The van der Waals surface area contributed by atoms with Gasteiger partial charge in [-0.15, -0.1) is 5.10 Å². The molecule has 0 aliphatic heterocycles. The van der Waals surface area contributed by atoms with Gasteiger partial charge in [0.15, 0.2) is 5.82 Å². The molecular weight excluding hydrogens is 383 g/mol. The summed E-state index contributed by atoms with van der Waals surface area (Å²) in [5, 5.41) is 22.4. The summed E-state index contributed by atoms with van der Waals surface area (Å²) in [5.41, 5.74) is 3.29. The topological polar surface area (TPSA) is 61.6 Å². The summed E-state index contributed by atoms with van der Waals surface area (Å²) in [4.78, 5) is 0. The number of fused-ring (bicyclic) bond motifs is 1. The van der Waals surface area contributed by atoms with E-state index in [1.54, 1.807) is 12.1 Å². The summed E-state index contributed by atoms with van der Waals surface area (Å²) in [6.45, 7) is 5.74. The first-order valence-electron chi connectivity index (χ1n) is 7.80. The van der Waals surface area contributed by atoms with Crippen LogP contribution in [0.5, 0.6) is 0 Å². The Hall–Kier alpha value is -2.52. The van der Waals surface area contributed by atoms with Crippen LogP contribution in [0.4, 0.5) is 10.2 Å². The number of nitrogens with one attached hydrogen (secondary N) is 1. The molecule has 0 radical (unpaired) electrons. The fourth-order valence-corrected chi connectivity index (χ4v) is 3.25. The Labute approximate surface area is 153 Å². The van der Waals surface area contributed by atoms with Gasteiger partial charge in [0, 0.05) is 10.8 Å². The van der Waals surface area contributed by atoms with Crippen LogP contribution in [-0.2, 0) is 0 Å². The quantitative estimate of drug-likeness (QED) is 0.658. The highest BCUT2D eigenvalue weighted by Crippen LogP contribution is 2.31. The lowest BCUT2D eigenvalue weighted by atomic mass is 9.98. The third-order valence-corrected chi connectivity index (χ3v) is 4.93. The van der Waals surface area contributed by atoms with E-state index in [1.807, 2.05) is 32.9 Å². The van der Waals surface area contributed by atoms with E-state index in [1.165, 1.54) is 6.07 Å². The van der Waals surface area contributed by atoms with E-state index in [-0.39, 0.29) is 11.9 Å². The smallest absolute Gasteiger partial charge is 0.157 e. The maximum Gasteiger partial charge on any atom is 0.157 e. The number of hydrogen-bond acceptors (Lipinski definition) is 4. The minimum atomic E-state index is -0.349. The van der Waals surface area contributed by atoms with E-state index >= 15 is 0 Å². The average molecular weight is 399 g/mol. The van der Waals surface area contributed by atoms with Crippen LogP contribution < -0.4 is 5.32 Å². The number of halogens is 2. The Morgan fingerprint density at radius 3 is 2.68 bits per heavy atom. The van der Waals surface area contributed by atoms with E-state index < -0.39 is 0 Å². The minimum absolute atomic E-state index is 0.111. The lowest BCUT2D eigenvalue weighted by Gasteiger charge is -2.19. The summed E-state index contributed by atoms with van der Waals surface area (Å²) in [7, 11) is 0. The molecule has 6 heteroatoms. The molecule has 1 N–H and O–H groups in total. The van der Waals surface area contributed by atoms with Crippen molar-refractivity contribution in [1.82, 2.24) is 10.2 Å². The molecule has 3 rings (SSSR count). The first kappa shape index (κ1) is 17.3. The first-order chi connectivity index (χ1) is 11.9. The lowest BCUT2D eigenvalue weighted by molar-refractivity contribution is 0.623. The predicted molar refractivity (Wildman–Crippen MR) is 99.9 cm³/mol. The SMILES string of the molecule is Cc1c(C#N)cccc1[C@@H](C)Nc1nnc(C)c2cc(Br)c(F)cc12. The molecule has 1 atom stereocenters. The Morgan fingerprint density at radius 1 is 1.20 bits per heavy atom. The summed E-state index contributed by atoms with van der Waals surface area (Å²) < 4.78 is 14.4. The van der Waals surface area contributed by atoms with Crippen molar-refractivity contribution in [2.24, 2.45) is 0 Å². The van der Waals surface area contributed by atoms with E-state index in [4.69, 9.17) is 0 Å². The van der Waals surface area contributed by atoms with Gasteiger partial charge in [-0.1, -0.05) is 12.1 Å². The Kier molecular flexibility index (Phi) is 4.69. The summed E-state index contributed by atoms with van der Waals surface area (Å²) in [5.74, 6) is 0.166. The molecule has 0 amide bonds. The van der Waals surface area contributed by atoms with Crippen LogP contribution in [0.2, 0.25) is 0 Å². The molecule has 0 fully saturated rings. The van der Waals surface area contributed by atoms with Gasteiger partial charge in [-0.05, 0) is 66.0 Å². The Balaban J connectivity index is 2.05. The van der Waals surface area contributed by atoms with Crippen molar-refractivity contribution in [1.29, 1.82) is 5.26 Å². The highest BCUT2D eigenvalue weighted by molar-refractivity contribution is 9.10. The Bertz CT molecular complexity index is 1010. The second-order valence-corrected chi connectivity index (χ2v) is 6.80. The van der Waals surface area contributed by atoms with Crippen LogP contribution in [0.3, 0.4) is 0 Å². The van der Waals surface area contributed by atoms with Crippen molar-refractivity contribution in [2.75, 3.05) is 5.32 Å². The van der Waals surface area contributed by atoms with E-state index in [2.05, 4.69) is 37.5 Å². The zero-order valence-corrected chi connectivity index (χ0v) is 15.6. The highest BCUT2D eigenvalue weighted by atomic mass is 79.9. The van der Waals surface area contributed by atoms with E-state index in [0.717, 1.165) is 22.2 Å².